The molecule has 1 N–H and O–H groups in total. The third kappa shape index (κ3) is 5.31. The van der Waals surface area contributed by atoms with E-state index in [2.05, 4.69) is 4.72 Å². The smallest absolute Gasteiger partial charge is 0.241 e. The zero-order valence-corrected chi connectivity index (χ0v) is 18.0. The molecule has 158 valence electrons. The van der Waals surface area contributed by atoms with Gasteiger partial charge in [0, 0.05) is 6.07 Å². The van der Waals surface area contributed by atoms with E-state index in [1.165, 1.54) is 13.2 Å². The fourth-order valence-corrected chi connectivity index (χ4v) is 4.34. The van der Waals surface area contributed by atoms with Gasteiger partial charge < -0.3 is 14.2 Å². The van der Waals surface area contributed by atoms with Crippen LogP contribution in [0.3, 0.4) is 0 Å². The molecule has 0 radical (unpaired) electrons. The van der Waals surface area contributed by atoms with Crippen LogP contribution in [0.4, 0.5) is 0 Å². The fraction of sp³-hybridized carbons (Fsp3) is 0.217. The lowest BCUT2D eigenvalue weighted by atomic mass is 9.99. The Morgan fingerprint density at radius 3 is 1.90 bits per heavy atom. The van der Waals surface area contributed by atoms with Gasteiger partial charge in [-0.15, -0.1) is 0 Å². The summed E-state index contributed by atoms with van der Waals surface area (Å²) in [7, 11) is 0.929. The van der Waals surface area contributed by atoms with Crippen LogP contribution in [-0.4, -0.2) is 29.7 Å². The molecule has 0 amide bonds. The average molecular weight is 428 g/mol. The van der Waals surface area contributed by atoms with Crippen molar-refractivity contribution in [3.8, 4) is 17.2 Å². The Morgan fingerprint density at radius 2 is 1.33 bits per heavy atom. The standard InChI is InChI=1S/C23H25NO5S/c1-27-19-11-7-17(8-12-19)15-23(18-9-13-20(28-2)14-10-18)24-30(25,26)22-6-4-5-21(16-22)29-3/h4-14,16,23-24H,15H2,1-3H3. The van der Waals surface area contributed by atoms with Gasteiger partial charge in [-0.05, 0) is 53.9 Å². The largest absolute Gasteiger partial charge is 0.497 e. The molecule has 0 aliphatic rings. The normalized spacial score (nSPS) is 12.2. The zero-order chi connectivity index (χ0) is 21.6. The van der Waals surface area contributed by atoms with Gasteiger partial charge in [0.25, 0.3) is 0 Å². The topological polar surface area (TPSA) is 73.9 Å². The van der Waals surface area contributed by atoms with Crippen LogP contribution in [0, 0.1) is 0 Å². The Bertz CT molecular complexity index is 1060. The van der Waals surface area contributed by atoms with E-state index in [4.69, 9.17) is 14.2 Å². The lowest BCUT2D eigenvalue weighted by molar-refractivity contribution is 0.413. The maximum Gasteiger partial charge on any atom is 0.241 e. The van der Waals surface area contributed by atoms with Crippen molar-refractivity contribution in [2.24, 2.45) is 0 Å². The lowest BCUT2D eigenvalue weighted by Crippen LogP contribution is -2.30. The molecule has 1 unspecified atom stereocenters. The minimum Gasteiger partial charge on any atom is -0.497 e. The summed E-state index contributed by atoms with van der Waals surface area (Å²) in [6, 6.07) is 20.9. The molecule has 0 saturated carbocycles. The van der Waals surface area contributed by atoms with Crippen LogP contribution in [0.15, 0.2) is 77.7 Å². The number of nitrogens with one attached hydrogen (secondary N) is 1. The van der Waals surface area contributed by atoms with Gasteiger partial charge in [0.05, 0.1) is 32.3 Å². The summed E-state index contributed by atoms with van der Waals surface area (Å²) in [5.74, 6) is 1.93. The molecule has 0 aliphatic heterocycles. The van der Waals surface area contributed by atoms with E-state index in [9.17, 15) is 8.42 Å². The fourth-order valence-electron chi connectivity index (χ4n) is 3.08. The van der Waals surface area contributed by atoms with Gasteiger partial charge >= 0.3 is 0 Å². The van der Waals surface area contributed by atoms with Crippen molar-refractivity contribution in [2.75, 3.05) is 21.3 Å². The first-order chi connectivity index (χ1) is 14.4. The van der Waals surface area contributed by atoms with Gasteiger partial charge in [-0.2, -0.15) is 0 Å². The summed E-state index contributed by atoms with van der Waals surface area (Å²) in [4.78, 5) is 0.148. The Morgan fingerprint density at radius 1 is 0.767 bits per heavy atom. The zero-order valence-electron chi connectivity index (χ0n) is 17.2. The first kappa shape index (κ1) is 21.7. The van der Waals surface area contributed by atoms with Crippen LogP contribution in [0.25, 0.3) is 0 Å². The molecule has 0 fully saturated rings. The molecule has 0 aliphatic carbocycles. The van der Waals surface area contributed by atoms with E-state index in [0.717, 1.165) is 16.9 Å². The van der Waals surface area contributed by atoms with E-state index in [0.29, 0.717) is 17.9 Å². The summed E-state index contributed by atoms with van der Waals surface area (Å²) >= 11 is 0. The molecule has 3 aromatic rings. The summed E-state index contributed by atoms with van der Waals surface area (Å²) in [6.45, 7) is 0. The van der Waals surface area contributed by atoms with Crippen molar-refractivity contribution in [1.82, 2.24) is 4.72 Å². The third-order valence-corrected chi connectivity index (χ3v) is 6.24. The van der Waals surface area contributed by atoms with Gasteiger partial charge in [0.15, 0.2) is 0 Å². The molecular formula is C23H25NO5S. The van der Waals surface area contributed by atoms with Gasteiger partial charge in [0.1, 0.15) is 17.2 Å². The third-order valence-electron chi connectivity index (χ3n) is 4.77. The Hall–Kier alpha value is -3.03. The highest BCUT2D eigenvalue weighted by atomic mass is 32.2. The van der Waals surface area contributed by atoms with E-state index in [1.807, 2.05) is 48.5 Å². The summed E-state index contributed by atoms with van der Waals surface area (Å²) in [5, 5.41) is 0. The minimum absolute atomic E-state index is 0.148. The molecule has 7 heteroatoms. The monoisotopic (exact) mass is 427 g/mol. The Labute approximate surface area is 177 Å². The molecular weight excluding hydrogens is 402 g/mol. The highest BCUT2D eigenvalue weighted by Gasteiger charge is 2.22. The van der Waals surface area contributed by atoms with Crippen molar-refractivity contribution < 1.29 is 22.6 Å². The summed E-state index contributed by atoms with van der Waals surface area (Å²) < 4.78 is 44.6. The quantitative estimate of drug-likeness (QED) is 0.559. The molecule has 0 spiro atoms. The van der Waals surface area contributed by atoms with Crippen LogP contribution in [0.5, 0.6) is 17.2 Å². The predicted octanol–water partition coefficient (Wildman–Crippen LogP) is 3.97. The number of sulfonamides is 1. The highest BCUT2D eigenvalue weighted by Crippen LogP contribution is 2.26. The van der Waals surface area contributed by atoms with E-state index >= 15 is 0 Å². The van der Waals surface area contributed by atoms with E-state index in [1.54, 1.807) is 32.4 Å². The van der Waals surface area contributed by atoms with Crippen molar-refractivity contribution in [3.63, 3.8) is 0 Å². The van der Waals surface area contributed by atoms with Crippen LogP contribution in [-0.2, 0) is 16.4 Å². The van der Waals surface area contributed by atoms with Crippen LogP contribution in [0.2, 0.25) is 0 Å². The summed E-state index contributed by atoms with van der Waals surface area (Å²) in [6.07, 6.45) is 0.472. The van der Waals surface area contributed by atoms with Crippen molar-refractivity contribution >= 4 is 10.0 Å². The number of ether oxygens (including phenoxy) is 3. The Balaban J connectivity index is 1.92. The number of benzene rings is 3. The first-order valence-corrected chi connectivity index (χ1v) is 10.9. The number of rotatable bonds is 9. The second kappa shape index (κ2) is 9.65. The molecule has 0 saturated heterocycles. The maximum absolute atomic E-state index is 13.1. The van der Waals surface area contributed by atoms with E-state index in [-0.39, 0.29) is 4.90 Å². The lowest BCUT2D eigenvalue weighted by Gasteiger charge is -2.20. The number of methoxy groups -OCH3 is 3. The molecule has 3 aromatic carbocycles. The van der Waals surface area contributed by atoms with Gasteiger partial charge in [0.2, 0.25) is 10.0 Å². The molecule has 6 nitrogen and oxygen atoms in total. The molecule has 0 aromatic heterocycles. The van der Waals surface area contributed by atoms with Crippen molar-refractivity contribution in [1.29, 1.82) is 0 Å². The van der Waals surface area contributed by atoms with Crippen molar-refractivity contribution in [3.05, 3.63) is 83.9 Å². The SMILES string of the molecule is COc1ccc(CC(NS(=O)(=O)c2cccc(OC)c2)c2ccc(OC)cc2)cc1. The molecule has 30 heavy (non-hydrogen) atoms. The molecule has 3 rings (SSSR count). The Kier molecular flexibility index (Phi) is 6.97. The van der Waals surface area contributed by atoms with Gasteiger partial charge in [-0.25, -0.2) is 13.1 Å². The second-order valence-corrected chi connectivity index (χ2v) is 8.39. The summed E-state index contributed by atoms with van der Waals surface area (Å²) in [5.41, 5.74) is 1.81. The van der Waals surface area contributed by atoms with Crippen LogP contribution < -0.4 is 18.9 Å². The average Bonchev–Trinajstić information content (AvgIpc) is 2.79. The van der Waals surface area contributed by atoms with Crippen molar-refractivity contribution in [2.45, 2.75) is 17.4 Å². The van der Waals surface area contributed by atoms with E-state index < -0.39 is 16.1 Å². The van der Waals surface area contributed by atoms with Gasteiger partial charge in [-0.1, -0.05) is 30.3 Å². The molecule has 1 atom stereocenters. The first-order valence-electron chi connectivity index (χ1n) is 9.38. The maximum atomic E-state index is 13.1. The molecule has 0 heterocycles. The van der Waals surface area contributed by atoms with Crippen LogP contribution >= 0.6 is 0 Å². The second-order valence-electron chi connectivity index (χ2n) is 6.68. The molecule has 0 bridgehead atoms. The highest BCUT2D eigenvalue weighted by molar-refractivity contribution is 7.89. The number of hydrogen-bond donors (Lipinski definition) is 1. The van der Waals surface area contributed by atoms with Crippen LogP contribution in [0.1, 0.15) is 17.2 Å². The number of hydrogen-bond acceptors (Lipinski definition) is 5. The van der Waals surface area contributed by atoms with Gasteiger partial charge in [-0.3, -0.25) is 0 Å². The minimum atomic E-state index is -3.77. The predicted molar refractivity (Wildman–Crippen MR) is 116 cm³/mol.